The van der Waals surface area contributed by atoms with Crippen molar-refractivity contribution >= 4 is 35.3 Å². The fourth-order valence-corrected chi connectivity index (χ4v) is 4.91. The van der Waals surface area contributed by atoms with Crippen LogP contribution in [0.3, 0.4) is 0 Å². The monoisotopic (exact) mass is 1480 g/mol. The van der Waals surface area contributed by atoms with Gasteiger partial charge in [-0.2, -0.15) is 0 Å². The molecule has 9 heteroatoms. The molecule has 0 aromatic rings. The molecule has 0 N–H and O–H groups in total. The molecular formula is C9H12S3U3W3-6. The minimum atomic E-state index is 0. The zero-order valence-corrected chi connectivity index (χ0v) is 33.4. The van der Waals surface area contributed by atoms with Gasteiger partial charge in [0.15, 0.2) is 0 Å². The minimum absolute atomic E-state index is 0. The van der Waals surface area contributed by atoms with E-state index in [4.69, 9.17) is 0 Å². The van der Waals surface area contributed by atoms with E-state index in [2.05, 4.69) is 20.8 Å². The number of thioether (sulfide) groups is 3. The molecule has 1 rings (SSSR count). The molecule has 1 heterocycles. The molecule has 0 spiro atoms. The molecule has 0 aromatic heterocycles. The van der Waals surface area contributed by atoms with Gasteiger partial charge in [-0.05, 0) is 0 Å². The van der Waals surface area contributed by atoms with Gasteiger partial charge in [-0.3, -0.25) is 33.0 Å². The molecule has 0 saturated carbocycles. The van der Waals surface area contributed by atoms with E-state index in [0.29, 0.717) is 0 Å². The molecule has 1 aliphatic rings. The molecule has 0 atom stereocenters. The third-order valence-electron chi connectivity index (χ3n) is 1.30. The Hall–Kier alpha value is 6.27. The summed E-state index contributed by atoms with van der Waals surface area (Å²) in [6, 6.07) is 0. The SMILES string of the molecule is [CH2-]C[C-]1S[C-](C[CH2-])S[C-](C[CH2-])S1.[U].[U].[U].[W].[W].[W]. The molecule has 0 amide bonds. The minimum Gasteiger partial charge on any atom is -0.525 e. The number of hydrogen-bond donors (Lipinski definition) is 0. The molecule has 0 aromatic carbocycles. The van der Waals surface area contributed by atoms with Crippen LogP contribution in [0, 0.1) is 128 Å². The third kappa shape index (κ3) is 17.1. The predicted octanol–water partition coefficient (Wildman–Crippen LogP) is 4.33. The van der Waals surface area contributed by atoms with Crippen LogP contribution < -0.4 is 0 Å². The Kier molecular flexibility index (Phi) is 55.8. The quantitative estimate of drug-likeness (QED) is 0.387. The van der Waals surface area contributed by atoms with E-state index in [9.17, 15) is 0 Å². The summed E-state index contributed by atoms with van der Waals surface area (Å²) < 4.78 is 4.14. The molecule has 102 valence electrons. The maximum absolute atomic E-state index is 3.89. The summed E-state index contributed by atoms with van der Waals surface area (Å²) in [7, 11) is 0. The number of hydrogen-bond acceptors (Lipinski definition) is 3. The van der Waals surface area contributed by atoms with Gasteiger partial charge >= 0.3 is 0 Å². The van der Waals surface area contributed by atoms with Gasteiger partial charge in [0.05, 0.1) is 0 Å². The van der Waals surface area contributed by atoms with Crippen LogP contribution in [-0.4, -0.2) is 0 Å². The van der Waals surface area contributed by atoms with Crippen molar-refractivity contribution in [3.8, 4) is 0 Å². The molecule has 1 aliphatic heterocycles. The first kappa shape index (κ1) is 39.4. The van der Waals surface area contributed by atoms with E-state index in [1.54, 1.807) is 0 Å². The van der Waals surface area contributed by atoms with E-state index < -0.39 is 0 Å². The van der Waals surface area contributed by atoms with Gasteiger partial charge < -0.3 is 56.1 Å². The molecular weight excluding hydrogens is 1470 g/mol. The third-order valence-corrected chi connectivity index (χ3v) is 5.39. The molecule has 1 fully saturated rings. The summed E-state index contributed by atoms with van der Waals surface area (Å²) in [5.41, 5.74) is 0. The summed E-state index contributed by atoms with van der Waals surface area (Å²) in [6.07, 6.45) is 2.68. The van der Waals surface area contributed by atoms with Gasteiger partial charge in [0.1, 0.15) is 0 Å². The fourth-order valence-electron chi connectivity index (χ4n) is 0.750. The largest absolute Gasteiger partial charge is 0.525 e. The standard InChI is InChI=1S/C9H12S3.3U.3W/c1-4-7-10-8(5-2)12-9(6-3)11-7;;;;;;/h1-6H2;;;;;;/q-6;;;;;;. The van der Waals surface area contributed by atoms with Crippen LogP contribution in [0.4, 0.5) is 0 Å². The van der Waals surface area contributed by atoms with Crippen molar-refractivity contribution in [3.63, 3.8) is 0 Å². The molecule has 18 heavy (non-hydrogen) atoms. The Morgan fingerprint density at radius 2 is 0.722 bits per heavy atom. The van der Waals surface area contributed by atoms with Crippen molar-refractivity contribution in [2.75, 3.05) is 0 Å². The van der Waals surface area contributed by atoms with Gasteiger partial charge in [0.2, 0.25) is 0 Å². The van der Waals surface area contributed by atoms with Crippen LogP contribution in [-0.2, 0) is 63.2 Å². The zero-order chi connectivity index (χ0) is 8.97. The number of rotatable bonds is 3. The Labute approximate surface area is 240 Å². The van der Waals surface area contributed by atoms with Crippen molar-refractivity contribution in [1.82, 2.24) is 0 Å². The van der Waals surface area contributed by atoms with Crippen molar-refractivity contribution < 1.29 is 157 Å². The second kappa shape index (κ2) is 25.5. The van der Waals surface area contributed by atoms with Crippen LogP contribution in [0.25, 0.3) is 0 Å². The normalized spacial score (nSPS) is 15.5. The van der Waals surface area contributed by atoms with E-state index in [-0.39, 0.29) is 157 Å². The van der Waals surface area contributed by atoms with Crippen molar-refractivity contribution in [2.24, 2.45) is 0 Å². The smallest absolute Gasteiger partial charge is 0 e. The Morgan fingerprint density at radius 1 is 0.556 bits per heavy atom. The summed E-state index contributed by atoms with van der Waals surface area (Å²) in [4.78, 5) is 0. The zero-order valence-electron chi connectivity index (χ0n) is 9.69. The Bertz CT molecular complexity index is 120. The summed E-state index contributed by atoms with van der Waals surface area (Å²) in [6.45, 7) is 11.7. The van der Waals surface area contributed by atoms with Crippen molar-refractivity contribution in [2.45, 2.75) is 19.3 Å². The van der Waals surface area contributed by atoms with Gasteiger partial charge in [-0.1, -0.05) is 0 Å². The van der Waals surface area contributed by atoms with Gasteiger partial charge in [-0.25, -0.2) is 0 Å². The van der Waals surface area contributed by atoms with Crippen LogP contribution in [0.5, 0.6) is 0 Å². The summed E-state index contributed by atoms with van der Waals surface area (Å²) in [5.74, 6) is 0. The van der Waals surface area contributed by atoms with Crippen LogP contribution in [0.15, 0.2) is 0 Å². The average Bonchev–Trinajstić information content (AvgIpc) is 2.16. The molecule has 0 aliphatic carbocycles. The maximum atomic E-state index is 3.89. The second-order valence-corrected chi connectivity index (χ2v) is 6.52. The van der Waals surface area contributed by atoms with Crippen LogP contribution in [0.1, 0.15) is 19.3 Å². The molecule has 1 saturated heterocycles. The predicted molar refractivity (Wildman–Crippen MR) is 62.4 cm³/mol. The average molecular weight is 1480 g/mol. The van der Waals surface area contributed by atoms with Gasteiger partial charge in [-0.15, -0.1) is 0 Å². The van der Waals surface area contributed by atoms with E-state index in [1.165, 1.54) is 13.7 Å². The summed E-state index contributed by atoms with van der Waals surface area (Å²) >= 11 is 5.51. The van der Waals surface area contributed by atoms with E-state index in [0.717, 1.165) is 19.3 Å². The first-order chi connectivity index (χ1) is 5.80. The van der Waals surface area contributed by atoms with E-state index in [1.807, 2.05) is 35.3 Å². The Morgan fingerprint density at radius 3 is 0.833 bits per heavy atom. The van der Waals surface area contributed by atoms with Crippen LogP contribution >= 0.6 is 35.3 Å². The first-order valence-corrected chi connectivity index (χ1v) is 6.23. The molecule has 0 radical (unpaired) electrons. The maximum Gasteiger partial charge on any atom is 0 e. The topological polar surface area (TPSA) is 0 Å². The molecule has 0 unspecified atom stereocenters. The van der Waals surface area contributed by atoms with Crippen molar-refractivity contribution in [3.05, 3.63) is 34.5 Å². The van der Waals surface area contributed by atoms with E-state index >= 15 is 0 Å². The summed E-state index contributed by atoms with van der Waals surface area (Å²) in [5, 5.41) is 0. The molecule has 0 nitrogen and oxygen atoms in total. The van der Waals surface area contributed by atoms with Gasteiger partial charge in [0.25, 0.3) is 0 Å². The van der Waals surface area contributed by atoms with Gasteiger partial charge in [0, 0.05) is 157 Å². The first-order valence-electron chi connectivity index (χ1n) is 3.79. The molecule has 0 bridgehead atoms. The second-order valence-electron chi connectivity index (χ2n) is 2.17. The van der Waals surface area contributed by atoms with Crippen molar-refractivity contribution in [1.29, 1.82) is 0 Å². The van der Waals surface area contributed by atoms with Crippen LogP contribution in [0.2, 0.25) is 0 Å². The fraction of sp³-hybridized carbons (Fsp3) is 0.333. The Balaban J connectivity index is -0.0000000600.